The molecule has 144 valence electrons. The van der Waals surface area contributed by atoms with Crippen LogP contribution in [0, 0.1) is 0 Å². The summed E-state index contributed by atoms with van der Waals surface area (Å²) in [4.78, 5) is 18.8. The minimum absolute atomic E-state index is 0.0291. The molecule has 0 bridgehead atoms. The van der Waals surface area contributed by atoms with Gasteiger partial charge in [0.1, 0.15) is 11.6 Å². The molecule has 2 aromatic rings. The number of hydrogen-bond donors (Lipinski definition) is 1. The van der Waals surface area contributed by atoms with Crippen LogP contribution in [0.25, 0.3) is 0 Å². The Morgan fingerprint density at radius 2 is 2.04 bits per heavy atom. The third kappa shape index (κ3) is 5.20. The highest BCUT2D eigenvalue weighted by Gasteiger charge is 2.13. The molecule has 1 fully saturated rings. The SMILES string of the molecule is CCC(C)c1ccccc1OCC(=O)Nc1ccc(N2CCOCC2)nc1. The van der Waals surface area contributed by atoms with Gasteiger partial charge in [0.15, 0.2) is 6.61 Å². The summed E-state index contributed by atoms with van der Waals surface area (Å²) in [5.41, 5.74) is 1.79. The third-order valence-corrected chi connectivity index (χ3v) is 4.79. The number of para-hydroxylation sites is 1. The Morgan fingerprint density at radius 3 is 2.74 bits per heavy atom. The summed E-state index contributed by atoms with van der Waals surface area (Å²) in [6.45, 7) is 7.37. The number of amides is 1. The number of rotatable bonds is 7. The fourth-order valence-corrected chi connectivity index (χ4v) is 3.02. The van der Waals surface area contributed by atoms with E-state index in [1.165, 1.54) is 0 Å². The van der Waals surface area contributed by atoms with Crippen LogP contribution in [0.3, 0.4) is 0 Å². The normalized spacial score (nSPS) is 15.3. The molecule has 27 heavy (non-hydrogen) atoms. The summed E-state index contributed by atoms with van der Waals surface area (Å²) in [6, 6.07) is 11.7. The first kappa shape index (κ1) is 19.2. The van der Waals surface area contributed by atoms with E-state index in [9.17, 15) is 4.79 Å². The molecule has 1 aromatic heterocycles. The van der Waals surface area contributed by atoms with Crippen molar-refractivity contribution in [2.45, 2.75) is 26.2 Å². The van der Waals surface area contributed by atoms with E-state index < -0.39 is 0 Å². The predicted molar refractivity (Wildman–Crippen MR) is 107 cm³/mol. The summed E-state index contributed by atoms with van der Waals surface area (Å²) < 4.78 is 11.1. The molecule has 1 N–H and O–H groups in total. The molecule has 3 rings (SSSR count). The quantitative estimate of drug-likeness (QED) is 0.810. The maximum atomic E-state index is 12.2. The Balaban J connectivity index is 1.54. The number of carbonyl (C=O) groups is 1. The van der Waals surface area contributed by atoms with E-state index in [-0.39, 0.29) is 12.5 Å². The molecule has 0 spiro atoms. The van der Waals surface area contributed by atoms with Gasteiger partial charge in [-0.25, -0.2) is 4.98 Å². The molecule has 1 aliphatic rings. The monoisotopic (exact) mass is 369 g/mol. The van der Waals surface area contributed by atoms with Gasteiger partial charge in [0, 0.05) is 13.1 Å². The van der Waals surface area contributed by atoms with Gasteiger partial charge < -0.3 is 19.7 Å². The number of anilines is 2. The molecule has 1 aliphatic heterocycles. The largest absolute Gasteiger partial charge is 0.483 e. The molecular formula is C21H27N3O3. The zero-order valence-electron chi connectivity index (χ0n) is 16.0. The number of pyridine rings is 1. The van der Waals surface area contributed by atoms with Crippen molar-refractivity contribution in [3.63, 3.8) is 0 Å². The number of nitrogens with zero attached hydrogens (tertiary/aromatic N) is 2. The standard InChI is InChI=1S/C21H27N3O3/c1-3-16(2)18-6-4-5-7-19(18)27-15-21(25)23-17-8-9-20(22-14-17)24-10-12-26-13-11-24/h4-9,14,16H,3,10-13,15H2,1-2H3,(H,23,25). The molecule has 1 aromatic carbocycles. The van der Waals surface area contributed by atoms with Gasteiger partial charge in [-0.2, -0.15) is 0 Å². The van der Waals surface area contributed by atoms with Crippen molar-refractivity contribution in [3.05, 3.63) is 48.2 Å². The van der Waals surface area contributed by atoms with Gasteiger partial charge in [0.25, 0.3) is 5.91 Å². The van der Waals surface area contributed by atoms with Crippen LogP contribution in [0.5, 0.6) is 5.75 Å². The van der Waals surface area contributed by atoms with Gasteiger partial charge in [-0.3, -0.25) is 4.79 Å². The van der Waals surface area contributed by atoms with Crippen LogP contribution in [0.4, 0.5) is 11.5 Å². The lowest BCUT2D eigenvalue weighted by Gasteiger charge is -2.27. The van der Waals surface area contributed by atoms with Gasteiger partial charge in [-0.05, 0) is 36.1 Å². The topological polar surface area (TPSA) is 63.7 Å². The zero-order valence-corrected chi connectivity index (χ0v) is 16.0. The molecule has 1 saturated heterocycles. The van der Waals surface area contributed by atoms with E-state index >= 15 is 0 Å². The fraction of sp³-hybridized carbons (Fsp3) is 0.429. The van der Waals surface area contributed by atoms with E-state index in [0.29, 0.717) is 11.6 Å². The number of aromatic nitrogens is 1. The minimum Gasteiger partial charge on any atom is -0.483 e. The Bertz CT molecular complexity index is 743. The van der Waals surface area contributed by atoms with E-state index in [1.54, 1.807) is 6.20 Å². The summed E-state index contributed by atoms with van der Waals surface area (Å²) in [6.07, 6.45) is 2.70. The molecule has 1 amide bonds. The highest BCUT2D eigenvalue weighted by atomic mass is 16.5. The molecular weight excluding hydrogens is 342 g/mol. The van der Waals surface area contributed by atoms with E-state index in [2.05, 4.69) is 35.1 Å². The Kier molecular flexibility index (Phi) is 6.65. The highest BCUT2D eigenvalue weighted by molar-refractivity contribution is 5.91. The third-order valence-electron chi connectivity index (χ3n) is 4.79. The molecule has 0 radical (unpaired) electrons. The maximum absolute atomic E-state index is 12.2. The average molecular weight is 369 g/mol. The van der Waals surface area contributed by atoms with Crippen LogP contribution in [-0.2, 0) is 9.53 Å². The Labute approximate surface area is 160 Å². The van der Waals surface area contributed by atoms with Crippen LogP contribution in [0.15, 0.2) is 42.6 Å². The van der Waals surface area contributed by atoms with Crippen LogP contribution >= 0.6 is 0 Å². The van der Waals surface area contributed by atoms with Crippen LogP contribution in [0.1, 0.15) is 31.7 Å². The minimum atomic E-state index is -0.199. The van der Waals surface area contributed by atoms with Gasteiger partial charge in [-0.15, -0.1) is 0 Å². The molecule has 0 aliphatic carbocycles. The molecule has 6 nitrogen and oxygen atoms in total. The summed E-state index contributed by atoms with van der Waals surface area (Å²) in [5, 5.41) is 2.84. The van der Waals surface area contributed by atoms with Gasteiger partial charge >= 0.3 is 0 Å². The number of hydrogen-bond acceptors (Lipinski definition) is 5. The lowest BCUT2D eigenvalue weighted by molar-refractivity contribution is -0.118. The zero-order chi connectivity index (χ0) is 19.1. The first-order valence-electron chi connectivity index (χ1n) is 9.47. The molecule has 1 unspecified atom stereocenters. The second kappa shape index (κ2) is 9.37. The first-order valence-corrected chi connectivity index (χ1v) is 9.47. The van der Waals surface area contributed by atoms with Crippen molar-refractivity contribution < 1.29 is 14.3 Å². The predicted octanol–water partition coefficient (Wildman–Crippen LogP) is 3.45. The van der Waals surface area contributed by atoms with Crippen LogP contribution in [-0.4, -0.2) is 43.8 Å². The number of carbonyl (C=O) groups excluding carboxylic acids is 1. The Hall–Kier alpha value is -2.60. The summed E-state index contributed by atoms with van der Waals surface area (Å²) >= 11 is 0. The number of ether oxygens (including phenoxy) is 2. The number of morpholine rings is 1. The van der Waals surface area contributed by atoms with Gasteiger partial charge in [0.2, 0.25) is 0 Å². The smallest absolute Gasteiger partial charge is 0.262 e. The second-order valence-electron chi connectivity index (χ2n) is 6.69. The lowest BCUT2D eigenvalue weighted by atomic mass is 9.98. The maximum Gasteiger partial charge on any atom is 0.262 e. The number of nitrogens with one attached hydrogen (secondary N) is 1. The number of benzene rings is 1. The molecule has 6 heteroatoms. The molecule has 1 atom stereocenters. The highest BCUT2D eigenvalue weighted by Crippen LogP contribution is 2.28. The fourth-order valence-electron chi connectivity index (χ4n) is 3.02. The average Bonchev–Trinajstić information content (AvgIpc) is 2.73. The van der Waals surface area contributed by atoms with Crippen molar-refractivity contribution in [2.75, 3.05) is 43.1 Å². The lowest BCUT2D eigenvalue weighted by Crippen LogP contribution is -2.36. The van der Waals surface area contributed by atoms with Crippen LogP contribution < -0.4 is 15.0 Å². The van der Waals surface area contributed by atoms with Crippen molar-refractivity contribution in [2.24, 2.45) is 0 Å². The second-order valence-corrected chi connectivity index (χ2v) is 6.69. The van der Waals surface area contributed by atoms with Crippen LogP contribution in [0.2, 0.25) is 0 Å². The van der Waals surface area contributed by atoms with Gasteiger partial charge in [0.05, 0.1) is 25.1 Å². The molecule has 2 heterocycles. The summed E-state index contributed by atoms with van der Waals surface area (Å²) in [5.74, 6) is 1.86. The van der Waals surface area contributed by atoms with Gasteiger partial charge in [-0.1, -0.05) is 32.0 Å². The summed E-state index contributed by atoms with van der Waals surface area (Å²) in [7, 11) is 0. The van der Waals surface area contributed by atoms with E-state index in [4.69, 9.17) is 9.47 Å². The van der Waals surface area contributed by atoms with E-state index in [1.807, 2.05) is 30.3 Å². The Morgan fingerprint density at radius 1 is 1.26 bits per heavy atom. The van der Waals surface area contributed by atoms with Crippen molar-refractivity contribution in [3.8, 4) is 5.75 Å². The van der Waals surface area contributed by atoms with Crippen molar-refractivity contribution >= 4 is 17.4 Å². The first-order chi connectivity index (χ1) is 13.2. The van der Waals surface area contributed by atoms with E-state index in [0.717, 1.165) is 49.9 Å². The van der Waals surface area contributed by atoms with Crippen molar-refractivity contribution in [1.82, 2.24) is 4.98 Å². The van der Waals surface area contributed by atoms with Crippen molar-refractivity contribution in [1.29, 1.82) is 0 Å². The molecule has 0 saturated carbocycles.